The van der Waals surface area contributed by atoms with Gasteiger partial charge in [-0.15, -0.1) is 0 Å². The highest BCUT2D eigenvalue weighted by Crippen LogP contribution is 1.79. The number of aliphatic imine (C=N–C) groups is 2. The van der Waals surface area contributed by atoms with Crippen molar-refractivity contribution in [3.8, 4) is 0 Å². The van der Waals surface area contributed by atoms with Gasteiger partial charge in [0, 0.05) is 12.4 Å². The number of nitrogens with one attached hydrogen (secondary N) is 1. The lowest BCUT2D eigenvalue weighted by molar-refractivity contribution is 0.361. The Bertz CT molecular complexity index is 226. The topological polar surface area (TPSA) is 71.9 Å². The highest BCUT2D eigenvalue weighted by Gasteiger charge is 1.85. The van der Waals surface area contributed by atoms with Gasteiger partial charge in [-0.2, -0.15) is 5.10 Å². The van der Waals surface area contributed by atoms with Gasteiger partial charge in [0.2, 0.25) is 0 Å². The van der Waals surface area contributed by atoms with Crippen molar-refractivity contribution in [3.05, 3.63) is 18.5 Å². The Morgan fingerprint density at radius 1 is 1.00 bits per heavy atom. The predicted molar refractivity (Wildman–Crippen MR) is 57.2 cm³/mol. The summed E-state index contributed by atoms with van der Waals surface area (Å²) in [5.41, 5.74) is 0. The van der Waals surface area contributed by atoms with Gasteiger partial charge in [-0.3, -0.25) is 15.1 Å². The lowest BCUT2D eigenvalue weighted by Gasteiger charge is -1.76. The standard InChI is InChI=1S/C3H4N2.2C3H5NO/c1-2-4-5-3-1;2*1-2-5-3-4-1/h1-3H,(H,4,5);2*3H,1-2H2. The van der Waals surface area contributed by atoms with Crippen LogP contribution in [0.15, 0.2) is 28.4 Å². The van der Waals surface area contributed by atoms with Crippen LogP contribution < -0.4 is 0 Å². The van der Waals surface area contributed by atoms with E-state index in [1.165, 1.54) is 12.8 Å². The van der Waals surface area contributed by atoms with Crippen molar-refractivity contribution in [1.82, 2.24) is 10.2 Å². The fourth-order valence-electron chi connectivity index (χ4n) is 0.742. The molecular weight excluding hydrogens is 196 g/mol. The molecular formula is C9H14N4O2. The molecule has 1 N–H and O–H groups in total. The molecule has 1 aromatic rings. The van der Waals surface area contributed by atoms with Gasteiger partial charge in [-0.1, -0.05) is 0 Å². The van der Waals surface area contributed by atoms with E-state index in [0.29, 0.717) is 0 Å². The normalized spacial score (nSPS) is 15.5. The first-order valence-electron chi connectivity index (χ1n) is 4.63. The first-order chi connectivity index (χ1) is 7.50. The van der Waals surface area contributed by atoms with Crippen molar-refractivity contribution in [2.75, 3.05) is 26.3 Å². The van der Waals surface area contributed by atoms with E-state index in [1.54, 1.807) is 12.4 Å². The van der Waals surface area contributed by atoms with Crippen molar-refractivity contribution < 1.29 is 9.47 Å². The lowest BCUT2D eigenvalue weighted by Crippen LogP contribution is -1.80. The van der Waals surface area contributed by atoms with Crippen LogP contribution in [-0.4, -0.2) is 49.3 Å². The zero-order valence-electron chi connectivity index (χ0n) is 8.37. The number of nitrogens with zero attached hydrogens (tertiary/aromatic N) is 3. The molecule has 0 unspecified atom stereocenters. The van der Waals surface area contributed by atoms with Crippen molar-refractivity contribution in [2.45, 2.75) is 0 Å². The number of ether oxygens (including phenoxy) is 2. The molecule has 0 bridgehead atoms. The van der Waals surface area contributed by atoms with Crippen LogP contribution >= 0.6 is 0 Å². The molecule has 0 radical (unpaired) electrons. The molecule has 6 nitrogen and oxygen atoms in total. The molecule has 0 aromatic carbocycles. The van der Waals surface area contributed by atoms with Crippen LogP contribution in [0.3, 0.4) is 0 Å². The molecule has 2 aliphatic rings. The Kier molecular flexibility index (Phi) is 6.54. The molecule has 2 aliphatic heterocycles. The Morgan fingerprint density at radius 3 is 1.80 bits per heavy atom. The molecule has 0 spiro atoms. The number of hydrogen-bond acceptors (Lipinski definition) is 5. The minimum absolute atomic E-state index is 0.778. The van der Waals surface area contributed by atoms with Gasteiger partial charge < -0.3 is 9.47 Å². The van der Waals surface area contributed by atoms with E-state index in [2.05, 4.69) is 29.7 Å². The minimum atomic E-state index is 0.778. The maximum absolute atomic E-state index is 4.65. The van der Waals surface area contributed by atoms with Crippen LogP contribution in [0.5, 0.6) is 0 Å². The van der Waals surface area contributed by atoms with Gasteiger partial charge in [-0.25, -0.2) is 0 Å². The summed E-state index contributed by atoms with van der Waals surface area (Å²) in [6, 6.07) is 1.83. The second-order valence-electron chi connectivity index (χ2n) is 2.53. The molecule has 82 valence electrons. The van der Waals surface area contributed by atoms with E-state index in [4.69, 9.17) is 0 Å². The van der Waals surface area contributed by atoms with Crippen LogP contribution in [0.2, 0.25) is 0 Å². The van der Waals surface area contributed by atoms with E-state index in [9.17, 15) is 0 Å². The average molecular weight is 210 g/mol. The van der Waals surface area contributed by atoms with E-state index < -0.39 is 0 Å². The molecule has 3 heterocycles. The molecule has 6 heteroatoms. The summed E-state index contributed by atoms with van der Waals surface area (Å²) in [7, 11) is 0. The summed E-state index contributed by atoms with van der Waals surface area (Å²) in [6.07, 6.45) is 6.43. The molecule has 0 saturated carbocycles. The first-order valence-corrected chi connectivity index (χ1v) is 4.63. The van der Waals surface area contributed by atoms with Gasteiger partial charge in [0.05, 0.1) is 13.1 Å². The maximum atomic E-state index is 4.65. The summed E-state index contributed by atoms with van der Waals surface area (Å²) < 4.78 is 9.31. The largest absolute Gasteiger partial charge is 0.482 e. The SMILES string of the molecule is C1=NCCO1.C1=NCCO1.c1cn[nH]c1. The molecule has 1 aromatic heterocycles. The molecule has 0 atom stereocenters. The van der Waals surface area contributed by atoms with Gasteiger partial charge in [0.1, 0.15) is 13.2 Å². The fraction of sp³-hybridized carbons (Fsp3) is 0.444. The van der Waals surface area contributed by atoms with E-state index >= 15 is 0 Å². The number of hydrogen-bond donors (Lipinski definition) is 1. The van der Waals surface area contributed by atoms with Crippen LogP contribution in [0.1, 0.15) is 0 Å². The van der Waals surface area contributed by atoms with Gasteiger partial charge in [0.25, 0.3) is 0 Å². The average Bonchev–Trinajstić information content (AvgIpc) is 3.09. The summed E-state index contributed by atoms with van der Waals surface area (Å²) >= 11 is 0. The van der Waals surface area contributed by atoms with Gasteiger partial charge >= 0.3 is 0 Å². The highest BCUT2D eigenvalue weighted by molar-refractivity contribution is 5.48. The summed E-state index contributed by atoms with van der Waals surface area (Å²) in [6.45, 7) is 3.25. The Hall–Kier alpha value is -1.85. The van der Waals surface area contributed by atoms with E-state index in [0.717, 1.165) is 26.3 Å². The zero-order valence-corrected chi connectivity index (χ0v) is 8.37. The molecule has 0 amide bonds. The summed E-state index contributed by atoms with van der Waals surface area (Å²) in [5, 5.41) is 6.21. The third kappa shape index (κ3) is 7.24. The molecule has 0 aliphatic carbocycles. The Morgan fingerprint density at radius 2 is 1.67 bits per heavy atom. The van der Waals surface area contributed by atoms with Crippen molar-refractivity contribution >= 4 is 12.8 Å². The second kappa shape index (κ2) is 8.74. The summed E-state index contributed by atoms with van der Waals surface area (Å²) in [5.74, 6) is 0. The van der Waals surface area contributed by atoms with Crippen molar-refractivity contribution in [3.63, 3.8) is 0 Å². The predicted octanol–water partition coefficient (Wildman–Crippen LogP) is 0.499. The number of aromatic nitrogens is 2. The number of aromatic amines is 1. The van der Waals surface area contributed by atoms with Crippen molar-refractivity contribution in [2.24, 2.45) is 9.98 Å². The van der Waals surface area contributed by atoms with Crippen molar-refractivity contribution in [1.29, 1.82) is 0 Å². The Labute approximate surface area is 88.0 Å². The molecule has 0 saturated heterocycles. The number of H-pyrrole nitrogens is 1. The van der Waals surface area contributed by atoms with Crippen LogP contribution in [0.4, 0.5) is 0 Å². The van der Waals surface area contributed by atoms with Crippen LogP contribution in [0.25, 0.3) is 0 Å². The fourth-order valence-corrected chi connectivity index (χ4v) is 0.742. The summed E-state index contributed by atoms with van der Waals surface area (Å²) in [4.78, 5) is 7.47. The van der Waals surface area contributed by atoms with E-state index in [1.807, 2.05) is 6.07 Å². The first kappa shape index (κ1) is 11.2. The number of rotatable bonds is 0. The smallest absolute Gasteiger partial charge is 0.169 e. The van der Waals surface area contributed by atoms with E-state index in [-0.39, 0.29) is 0 Å². The quantitative estimate of drug-likeness (QED) is 0.677. The Balaban J connectivity index is 0.000000112. The molecule has 3 rings (SSSR count). The monoisotopic (exact) mass is 210 g/mol. The van der Waals surface area contributed by atoms with Crippen LogP contribution in [-0.2, 0) is 9.47 Å². The van der Waals surface area contributed by atoms with Gasteiger partial charge in [-0.05, 0) is 6.07 Å². The molecule has 0 fully saturated rings. The molecule has 15 heavy (non-hydrogen) atoms. The lowest BCUT2D eigenvalue weighted by atomic mass is 10.8. The zero-order chi connectivity index (χ0) is 10.6. The van der Waals surface area contributed by atoms with Gasteiger partial charge in [0.15, 0.2) is 12.8 Å². The highest BCUT2D eigenvalue weighted by atomic mass is 16.5. The third-order valence-corrected chi connectivity index (χ3v) is 1.38. The van der Waals surface area contributed by atoms with Crippen LogP contribution in [0, 0.1) is 0 Å². The minimum Gasteiger partial charge on any atom is -0.482 e. The third-order valence-electron chi connectivity index (χ3n) is 1.38. The second-order valence-corrected chi connectivity index (χ2v) is 2.53. The maximum Gasteiger partial charge on any atom is 0.169 e.